The SMILES string of the molecule is CCN1CCC[C@H]1Cn1ccnc1-c1ccc(OC)c(-c2cc[nH]c(=O)c2)c1. The number of likely N-dealkylation sites (N-methyl/N-ethyl adjacent to an activating group) is 1. The van der Waals surface area contributed by atoms with Crippen molar-refractivity contribution >= 4 is 0 Å². The van der Waals surface area contributed by atoms with E-state index < -0.39 is 0 Å². The summed E-state index contributed by atoms with van der Waals surface area (Å²) in [7, 11) is 1.64. The normalized spacial score (nSPS) is 17.1. The molecule has 0 radical (unpaired) electrons. The lowest BCUT2D eigenvalue weighted by Gasteiger charge is -2.24. The number of aromatic nitrogens is 3. The average molecular weight is 378 g/mol. The second-order valence-electron chi connectivity index (χ2n) is 7.18. The first kappa shape index (κ1) is 18.5. The minimum absolute atomic E-state index is 0.132. The number of aromatic amines is 1. The van der Waals surface area contributed by atoms with E-state index in [1.807, 2.05) is 24.4 Å². The molecule has 6 nitrogen and oxygen atoms in total. The molecule has 1 aliphatic rings. The average Bonchev–Trinajstić information content (AvgIpc) is 3.37. The number of rotatable bonds is 6. The lowest BCUT2D eigenvalue weighted by atomic mass is 10.0. The summed E-state index contributed by atoms with van der Waals surface area (Å²) in [6, 6.07) is 10.1. The van der Waals surface area contributed by atoms with Gasteiger partial charge in [-0.2, -0.15) is 0 Å². The molecule has 0 spiro atoms. The van der Waals surface area contributed by atoms with Gasteiger partial charge in [0.2, 0.25) is 5.56 Å². The van der Waals surface area contributed by atoms with Gasteiger partial charge in [0, 0.05) is 48.4 Å². The van der Waals surface area contributed by atoms with E-state index in [2.05, 4.69) is 38.6 Å². The van der Waals surface area contributed by atoms with Crippen LogP contribution in [-0.2, 0) is 6.54 Å². The highest BCUT2D eigenvalue weighted by Crippen LogP contribution is 2.33. The van der Waals surface area contributed by atoms with Crippen molar-refractivity contribution in [2.45, 2.75) is 32.4 Å². The molecule has 4 rings (SSSR count). The molecule has 0 unspecified atom stereocenters. The highest BCUT2D eigenvalue weighted by molar-refractivity contribution is 5.75. The number of hydrogen-bond donors (Lipinski definition) is 1. The molecule has 0 saturated carbocycles. The lowest BCUT2D eigenvalue weighted by molar-refractivity contribution is 0.245. The first-order valence-electron chi connectivity index (χ1n) is 9.82. The van der Waals surface area contributed by atoms with Gasteiger partial charge in [-0.05, 0) is 55.8 Å². The third-order valence-electron chi connectivity index (χ3n) is 5.57. The topological polar surface area (TPSA) is 63.1 Å². The molecule has 28 heavy (non-hydrogen) atoms. The predicted octanol–water partition coefficient (Wildman–Crippen LogP) is 3.40. The Morgan fingerprint density at radius 1 is 1.25 bits per heavy atom. The van der Waals surface area contributed by atoms with Gasteiger partial charge in [-0.15, -0.1) is 0 Å². The minimum Gasteiger partial charge on any atom is -0.496 e. The zero-order chi connectivity index (χ0) is 19.5. The van der Waals surface area contributed by atoms with Gasteiger partial charge in [-0.1, -0.05) is 6.92 Å². The molecule has 3 heterocycles. The number of benzene rings is 1. The molecule has 146 valence electrons. The Bertz CT molecular complexity index is 1010. The maximum atomic E-state index is 11.8. The maximum Gasteiger partial charge on any atom is 0.248 e. The zero-order valence-electron chi connectivity index (χ0n) is 16.4. The molecule has 1 aromatic carbocycles. The third-order valence-corrected chi connectivity index (χ3v) is 5.57. The molecule has 1 saturated heterocycles. The number of nitrogens with one attached hydrogen (secondary N) is 1. The summed E-state index contributed by atoms with van der Waals surface area (Å²) in [4.78, 5) is 21.6. The monoisotopic (exact) mass is 378 g/mol. The third kappa shape index (κ3) is 3.60. The molecule has 2 aromatic heterocycles. The van der Waals surface area contributed by atoms with E-state index in [9.17, 15) is 4.79 Å². The number of methoxy groups -OCH3 is 1. The number of pyridine rings is 1. The Morgan fingerprint density at radius 3 is 2.93 bits per heavy atom. The number of likely N-dealkylation sites (tertiary alicyclic amines) is 1. The first-order chi connectivity index (χ1) is 13.7. The number of nitrogens with zero attached hydrogens (tertiary/aromatic N) is 3. The highest BCUT2D eigenvalue weighted by Gasteiger charge is 2.24. The van der Waals surface area contributed by atoms with Crippen LogP contribution in [0.5, 0.6) is 5.75 Å². The number of hydrogen-bond acceptors (Lipinski definition) is 4. The Morgan fingerprint density at radius 2 is 2.14 bits per heavy atom. The van der Waals surface area contributed by atoms with Crippen molar-refractivity contribution in [1.82, 2.24) is 19.4 Å². The van der Waals surface area contributed by atoms with Crippen LogP contribution in [0.4, 0.5) is 0 Å². The van der Waals surface area contributed by atoms with Crippen molar-refractivity contribution in [3.05, 3.63) is 59.3 Å². The smallest absolute Gasteiger partial charge is 0.248 e. The van der Waals surface area contributed by atoms with Crippen molar-refractivity contribution in [2.24, 2.45) is 0 Å². The van der Waals surface area contributed by atoms with Crippen LogP contribution in [-0.4, -0.2) is 45.7 Å². The van der Waals surface area contributed by atoms with Crippen LogP contribution in [0.3, 0.4) is 0 Å². The molecule has 0 aliphatic carbocycles. The minimum atomic E-state index is -0.132. The Kier molecular flexibility index (Phi) is 5.30. The summed E-state index contributed by atoms with van der Waals surface area (Å²) in [5.74, 6) is 1.68. The highest BCUT2D eigenvalue weighted by atomic mass is 16.5. The van der Waals surface area contributed by atoms with Gasteiger partial charge in [0.15, 0.2) is 0 Å². The lowest BCUT2D eigenvalue weighted by Crippen LogP contribution is -2.32. The second kappa shape index (κ2) is 8.02. The van der Waals surface area contributed by atoms with Crippen LogP contribution in [0.15, 0.2) is 53.7 Å². The van der Waals surface area contributed by atoms with Gasteiger partial charge < -0.3 is 14.3 Å². The molecular weight excluding hydrogens is 352 g/mol. The molecule has 1 atom stereocenters. The number of imidazole rings is 1. The van der Waals surface area contributed by atoms with Crippen LogP contribution in [0, 0.1) is 0 Å². The van der Waals surface area contributed by atoms with Gasteiger partial charge in [-0.25, -0.2) is 4.98 Å². The fraction of sp³-hybridized carbons (Fsp3) is 0.364. The first-order valence-corrected chi connectivity index (χ1v) is 9.82. The molecule has 1 fully saturated rings. The number of ether oxygens (including phenoxy) is 1. The van der Waals surface area contributed by atoms with Gasteiger partial charge in [-0.3, -0.25) is 9.69 Å². The molecule has 1 N–H and O–H groups in total. The summed E-state index contributed by atoms with van der Waals surface area (Å²) in [5.41, 5.74) is 2.60. The van der Waals surface area contributed by atoms with E-state index >= 15 is 0 Å². The van der Waals surface area contributed by atoms with E-state index in [4.69, 9.17) is 4.74 Å². The van der Waals surface area contributed by atoms with Crippen LogP contribution < -0.4 is 10.3 Å². The fourth-order valence-electron chi connectivity index (χ4n) is 4.15. The summed E-state index contributed by atoms with van der Waals surface area (Å²) in [6.45, 7) is 5.43. The quantitative estimate of drug-likeness (QED) is 0.714. The van der Waals surface area contributed by atoms with Crippen molar-refractivity contribution in [3.8, 4) is 28.3 Å². The van der Waals surface area contributed by atoms with Gasteiger partial charge >= 0.3 is 0 Å². The number of H-pyrrole nitrogens is 1. The van der Waals surface area contributed by atoms with Gasteiger partial charge in [0.05, 0.1) is 7.11 Å². The largest absolute Gasteiger partial charge is 0.496 e. The van der Waals surface area contributed by atoms with Gasteiger partial charge in [0.1, 0.15) is 11.6 Å². The standard InChI is InChI=1S/C22H26N4O2/c1-3-25-11-4-5-18(25)15-26-12-10-24-22(26)17-6-7-20(28-2)19(13-17)16-8-9-23-21(27)14-16/h6-10,12-14,18H,3-5,11,15H2,1-2H3,(H,23,27)/t18-/m0/s1. The van der Waals surface area contributed by atoms with Crippen molar-refractivity contribution in [1.29, 1.82) is 0 Å². The zero-order valence-corrected chi connectivity index (χ0v) is 16.4. The Balaban J connectivity index is 1.70. The van der Waals surface area contributed by atoms with Gasteiger partial charge in [0.25, 0.3) is 0 Å². The van der Waals surface area contributed by atoms with Crippen LogP contribution in [0.1, 0.15) is 19.8 Å². The summed E-state index contributed by atoms with van der Waals surface area (Å²) in [6.07, 6.45) is 8.06. The molecule has 1 aliphatic heterocycles. The van der Waals surface area contributed by atoms with E-state index in [0.29, 0.717) is 6.04 Å². The maximum absolute atomic E-state index is 11.8. The summed E-state index contributed by atoms with van der Waals surface area (Å²) >= 11 is 0. The van der Waals surface area contributed by atoms with E-state index in [0.717, 1.165) is 41.4 Å². The molecule has 0 amide bonds. The Labute approximate surface area is 164 Å². The molecular formula is C22H26N4O2. The van der Waals surface area contributed by atoms with Crippen molar-refractivity contribution in [2.75, 3.05) is 20.2 Å². The fourth-order valence-corrected chi connectivity index (χ4v) is 4.15. The van der Waals surface area contributed by atoms with Crippen LogP contribution >= 0.6 is 0 Å². The summed E-state index contributed by atoms with van der Waals surface area (Å²) < 4.78 is 7.77. The van der Waals surface area contributed by atoms with Crippen molar-refractivity contribution in [3.63, 3.8) is 0 Å². The predicted molar refractivity (Wildman–Crippen MR) is 111 cm³/mol. The molecule has 0 bridgehead atoms. The second-order valence-corrected chi connectivity index (χ2v) is 7.18. The Hall–Kier alpha value is -2.86. The molecule has 6 heteroatoms. The molecule has 3 aromatic rings. The van der Waals surface area contributed by atoms with Crippen molar-refractivity contribution < 1.29 is 4.74 Å². The summed E-state index contributed by atoms with van der Waals surface area (Å²) in [5, 5.41) is 0. The van der Waals surface area contributed by atoms with E-state index in [1.54, 1.807) is 19.4 Å². The van der Waals surface area contributed by atoms with E-state index in [1.165, 1.54) is 19.4 Å². The van der Waals surface area contributed by atoms with Crippen LogP contribution in [0.25, 0.3) is 22.5 Å². The van der Waals surface area contributed by atoms with Crippen LogP contribution in [0.2, 0.25) is 0 Å². The van der Waals surface area contributed by atoms with E-state index in [-0.39, 0.29) is 5.56 Å².